The molecule has 0 aromatic heterocycles. The number of hydrogen-bond donors (Lipinski definition) is 0. The molecule has 0 aromatic carbocycles. The lowest BCUT2D eigenvalue weighted by Crippen LogP contribution is -2.37. The fourth-order valence-electron chi connectivity index (χ4n) is 5.82. The minimum Gasteiger partial charge on any atom is -0.352 e. The zero-order valence-electron chi connectivity index (χ0n) is 18.4. The Hall–Kier alpha value is -0.480. The van der Waals surface area contributed by atoms with E-state index in [0.717, 1.165) is 63.2 Å². The maximum absolute atomic E-state index is 12.4. The molecule has 2 aliphatic carbocycles. The van der Waals surface area contributed by atoms with Gasteiger partial charge in [0.25, 0.3) is 6.08 Å². The highest BCUT2D eigenvalue weighted by atomic mass is 19.3. The standard InChI is InChI=1S/C25H42F2O2/c1-2-3-4-5-19-6-8-20(9-7-19)12-15-25-28-17-23(18-29-25)22-13-10-21(11-14-22)16-24(26)27/h16,19-23,25H,2-15,17-18H2,1H3. The molecule has 2 saturated carbocycles. The molecule has 3 rings (SSSR count). The SMILES string of the molecule is CCCCCC1CCC(CCC2OCC(C3CCC(C=C(F)F)CC3)CO2)CC1. The van der Waals surface area contributed by atoms with Gasteiger partial charge >= 0.3 is 0 Å². The molecule has 0 unspecified atom stereocenters. The van der Waals surface area contributed by atoms with E-state index in [4.69, 9.17) is 9.47 Å². The molecule has 0 spiro atoms. The summed E-state index contributed by atoms with van der Waals surface area (Å²) in [5, 5.41) is 0. The van der Waals surface area contributed by atoms with Crippen molar-refractivity contribution in [2.24, 2.45) is 29.6 Å². The third kappa shape index (κ3) is 7.94. The van der Waals surface area contributed by atoms with E-state index in [-0.39, 0.29) is 12.2 Å². The smallest absolute Gasteiger partial charge is 0.266 e. The van der Waals surface area contributed by atoms with Gasteiger partial charge in [-0.2, -0.15) is 8.78 Å². The van der Waals surface area contributed by atoms with Crippen molar-refractivity contribution in [2.75, 3.05) is 13.2 Å². The Morgan fingerprint density at radius 1 is 0.759 bits per heavy atom. The van der Waals surface area contributed by atoms with Crippen LogP contribution in [0.3, 0.4) is 0 Å². The highest BCUT2D eigenvalue weighted by molar-refractivity contribution is 4.92. The van der Waals surface area contributed by atoms with E-state index in [1.807, 2.05) is 0 Å². The quantitative estimate of drug-likeness (QED) is 0.361. The van der Waals surface area contributed by atoms with Gasteiger partial charge in [-0.15, -0.1) is 0 Å². The van der Waals surface area contributed by atoms with Gasteiger partial charge in [-0.3, -0.25) is 0 Å². The van der Waals surface area contributed by atoms with Crippen LogP contribution in [0, 0.1) is 29.6 Å². The Labute approximate surface area is 176 Å². The third-order valence-electron chi connectivity index (χ3n) is 7.83. The number of rotatable bonds is 9. The largest absolute Gasteiger partial charge is 0.352 e. The molecule has 1 saturated heterocycles. The van der Waals surface area contributed by atoms with E-state index < -0.39 is 6.08 Å². The lowest BCUT2D eigenvalue weighted by Gasteiger charge is -2.37. The molecule has 0 atom stereocenters. The van der Waals surface area contributed by atoms with Gasteiger partial charge in [-0.05, 0) is 68.3 Å². The summed E-state index contributed by atoms with van der Waals surface area (Å²) >= 11 is 0. The second kappa shape index (κ2) is 12.4. The number of unbranched alkanes of at least 4 members (excludes halogenated alkanes) is 2. The van der Waals surface area contributed by atoms with Crippen LogP contribution >= 0.6 is 0 Å². The molecular weight excluding hydrogens is 370 g/mol. The zero-order valence-corrected chi connectivity index (χ0v) is 18.4. The van der Waals surface area contributed by atoms with Crippen LogP contribution in [-0.2, 0) is 9.47 Å². The van der Waals surface area contributed by atoms with Crippen molar-refractivity contribution in [3.63, 3.8) is 0 Å². The van der Waals surface area contributed by atoms with Crippen molar-refractivity contribution in [2.45, 2.75) is 103 Å². The van der Waals surface area contributed by atoms with Crippen LogP contribution in [-0.4, -0.2) is 19.5 Å². The Bertz CT molecular complexity index is 467. The van der Waals surface area contributed by atoms with E-state index in [2.05, 4.69) is 6.92 Å². The molecule has 3 fully saturated rings. The molecule has 1 heterocycles. The van der Waals surface area contributed by atoms with Crippen molar-refractivity contribution < 1.29 is 18.3 Å². The molecule has 2 nitrogen and oxygen atoms in total. The van der Waals surface area contributed by atoms with Crippen LogP contribution in [0.2, 0.25) is 0 Å². The minimum absolute atomic E-state index is 0.0200. The van der Waals surface area contributed by atoms with E-state index in [9.17, 15) is 8.78 Å². The van der Waals surface area contributed by atoms with Gasteiger partial charge in [0.15, 0.2) is 6.29 Å². The number of allylic oxidation sites excluding steroid dienone is 1. The molecule has 168 valence electrons. The van der Waals surface area contributed by atoms with Crippen LogP contribution in [0.5, 0.6) is 0 Å². The van der Waals surface area contributed by atoms with Gasteiger partial charge in [0.1, 0.15) is 0 Å². The molecule has 1 aliphatic heterocycles. The Morgan fingerprint density at radius 2 is 1.38 bits per heavy atom. The predicted molar refractivity (Wildman–Crippen MR) is 114 cm³/mol. The van der Waals surface area contributed by atoms with Crippen molar-refractivity contribution in [1.82, 2.24) is 0 Å². The second-order valence-corrected chi connectivity index (χ2v) is 9.95. The maximum atomic E-state index is 12.4. The molecule has 0 N–H and O–H groups in total. The van der Waals surface area contributed by atoms with Crippen LogP contribution in [0.25, 0.3) is 0 Å². The van der Waals surface area contributed by atoms with Crippen LogP contribution in [0.4, 0.5) is 8.78 Å². The highest BCUT2D eigenvalue weighted by Gasteiger charge is 2.32. The summed E-state index contributed by atoms with van der Waals surface area (Å²) in [6.45, 7) is 3.86. The molecule has 3 aliphatic rings. The molecule has 0 amide bonds. The minimum atomic E-state index is -1.52. The van der Waals surface area contributed by atoms with E-state index >= 15 is 0 Å². The highest BCUT2D eigenvalue weighted by Crippen LogP contribution is 2.38. The first kappa shape index (κ1) is 23.2. The van der Waals surface area contributed by atoms with E-state index in [0.29, 0.717) is 11.8 Å². The summed E-state index contributed by atoms with van der Waals surface area (Å²) in [6.07, 6.45) is 16.9. The van der Waals surface area contributed by atoms with Crippen molar-refractivity contribution in [3.05, 3.63) is 12.2 Å². The zero-order chi connectivity index (χ0) is 20.5. The summed E-state index contributed by atoms with van der Waals surface area (Å²) in [5.41, 5.74) is 0. The summed E-state index contributed by atoms with van der Waals surface area (Å²) < 4.78 is 37.0. The summed E-state index contributed by atoms with van der Waals surface area (Å²) in [5.74, 6) is 2.93. The van der Waals surface area contributed by atoms with E-state index in [1.54, 1.807) is 0 Å². The average molecular weight is 413 g/mol. The molecule has 0 radical (unpaired) electrons. The van der Waals surface area contributed by atoms with Gasteiger partial charge in [-0.1, -0.05) is 58.3 Å². The average Bonchev–Trinajstić information content (AvgIpc) is 2.74. The van der Waals surface area contributed by atoms with Crippen LogP contribution in [0.1, 0.15) is 96.8 Å². The van der Waals surface area contributed by atoms with Crippen LogP contribution < -0.4 is 0 Å². The fraction of sp³-hybridized carbons (Fsp3) is 0.920. The van der Waals surface area contributed by atoms with Crippen molar-refractivity contribution in [1.29, 1.82) is 0 Å². The normalized spacial score (nSPS) is 36.0. The first-order valence-electron chi connectivity index (χ1n) is 12.4. The Morgan fingerprint density at radius 3 is 1.97 bits per heavy atom. The Balaban J connectivity index is 1.26. The lowest BCUT2D eigenvalue weighted by molar-refractivity contribution is -0.213. The maximum Gasteiger partial charge on any atom is 0.266 e. The summed E-state index contributed by atoms with van der Waals surface area (Å²) in [4.78, 5) is 0. The third-order valence-corrected chi connectivity index (χ3v) is 7.83. The van der Waals surface area contributed by atoms with Gasteiger partial charge in [0.05, 0.1) is 13.2 Å². The molecular formula is C25H42F2O2. The Kier molecular flexibility index (Phi) is 9.91. The lowest BCUT2D eigenvalue weighted by atomic mass is 9.76. The van der Waals surface area contributed by atoms with Gasteiger partial charge in [0, 0.05) is 5.92 Å². The van der Waals surface area contributed by atoms with Gasteiger partial charge in [0.2, 0.25) is 0 Å². The first-order chi connectivity index (χ1) is 14.1. The number of ether oxygens (including phenoxy) is 2. The summed E-state index contributed by atoms with van der Waals surface area (Å²) in [7, 11) is 0. The van der Waals surface area contributed by atoms with Crippen molar-refractivity contribution in [3.8, 4) is 0 Å². The van der Waals surface area contributed by atoms with Gasteiger partial charge < -0.3 is 9.47 Å². The first-order valence-corrected chi connectivity index (χ1v) is 12.4. The fourth-order valence-corrected chi connectivity index (χ4v) is 5.82. The summed E-state index contributed by atoms with van der Waals surface area (Å²) in [6, 6.07) is 0. The number of halogens is 2. The monoisotopic (exact) mass is 412 g/mol. The second-order valence-electron chi connectivity index (χ2n) is 9.95. The predicted octanol–water partition coefficient (Wildman–Crippen LogP) is 7.73. The van der Waals surface area contributed by atoms with Crippen molar-refractivity contribution >= 4 is 0 Å². The molecule has 29 heavy (non-hydrogen) atoms. The van der Waals surface area contributed by atoms with Crippen LogP contribution in [0.15, 0.2) is 12.2 Å². The molecule has 4 heteroatoms. The topological polar surface area (TPSA) is 18.5 Å². The van der Waals surface area contributed by atoms with E-state index in [1.165, 1.54) is 57.8 Å². The van der Waals surface area contributed by atoms with Gasteiger partial charge in [-0.25, -0.2) is 0 Å². The number of hydrogen-bond acceptors (Lipinski definition) is 2. The molecule has 0 aromatic rings. The molecule has 0 bridgehead atoms.